The normalized spacial score (nSPS) is 17.8. The quantitative estimate of drug-likeness (QED) is 0.311. The SMILES string of the molecule is Fc1ccccc1CN1C=[N+](Cc2ccccc2F)[C@@H](c2ccccc2)[C@@H]1c1ccccc1. The Bertz CT molecular complexity index is 1250. The molecule has 2 atom stereocenters. The first-order valence-corrected chi connectivity index (χ1v) is 11.1. The van der Waals surface area contributed by atoms with Gasteiger partial charge in [0.15, 0.2) is 12.1 Å². The zero-order chi connectivity index (χ0) is 22.6. The van der Waals surface area contributed by atoms with Crippen molar-refractivity contribution in [2.45, 2.75) is 25.2 Å². The lowest BCUT2D eigenvalue weighted by Crippen LogP contribution is -2.26. The maximum absolute atomic E-state index is 14.6. The molecule has 1 aliphatic rings. The molecule has 0 N–H and O–H groups in total. The third-order valence-corrected chi connectivity index (χ3v) is 6.21. The monoisotopic (exact) mass is 439 g/mol. The first-order chi connectivity index (χ1) is 16.2. The van der Waals surface area contributed by atoms with Gasteiger partial charge in [-0.3, -0.25) is 9.48 Å². The van der Waals surface area contributed by atoms with Crippen LogP contribution < -0.4 is 0 Å². The second kappa shape index (κ2) is 9.37. The van der Waals surface area contributed by atoms with Gasteiger partial charge in [-0.15, -0.1) is 0 Å². The molecule has 0 saturated carbocycles. The van der Waals surface area contributed by atoms with Gasteiger partial charge in [0, 0.05) is 22.3 Å². The average molecular weight is 440 g/mol. The molecule has 0 spiro atoms. The van der Waals surface area contributed by atoms with Crippen molar-refractivity contribution in [2.75, 3.05) is 0 Å². The van der Waals surface area contributed by atoms with Crippen molar-refractivity contribution >= 4 is 6.34 Å². The highest BCUT2D eigenvalue weighted by molar-refractivity contribution is 5.55. The summed E-state index contributed by atoms with van der Waals surface area (Å²) in [6, 6.07) is 34.2. The maximum atomic E-state index is 14.6. The molecule has 33 heavy (non-hydrogen) atoms. The van der Waals surface area contributed by atoms with Gasteiger partial charge >= 0.3 is 0 Å². The van der Waals surface area contributed by atoms with Gasteiger partial charge in [0.25, 0.3) is 0 Å². The number of rotatable bonds is 6. The summed E-state index contributed by atoms with van der Waals surface area (Å²) in [5.74, 6) is -0.442. The van der Waals surface area contributed by atoms with Gasteiger partial charge in [-0.25, -0.2) is 8.78 Å². The van der Waals surface area contributed by atoms with Gasteiger partial charge in [0.05, 0.1) is 0 Å². The minimum absolute atomic E-state index is 0.0556. The first-order valence-electron chi connectivity index (χ1n) is 11.1. The van der Waals surface area contributed by atoms with Crippen LogP contribution in [0.15, 0.2) is 109 Å². The summed E-state index contributed by atoms with van der Waals surface area (Å²) in [6.45, 7) is 0.840. The van der Waals surface area contributed by atoms with Gasteiger partial charge in [-0.2, -0.15) is 0 Å². The van der Waals surface area contributed by atoms with Gasteiger partial charge in [0.1, 0.15) is 24.7 Å². The smallest absolute Gasteiger partial charge is 0.236 e. The summed E-state index contributed by atoms with van der Waals surface area (Å²) in [6.07, 6.45) is 2.04. The number of halogens is 2. The van der Waals surface area contributed by atoms with Crippen LogP contribution in [0.4, 0.5) is 8.78 Å². The van der Waals surface area contributed by atoms with Crippen LogP contribution in [-0.4, -0.2) is 15.8 Å². The molecule has 5 rings (SSSR count). The van der Waals surface area contributed by atoms with E-state index in [4.69, 9.17) is 0 Å². The largest absolute Gasteiger partial charge is 0.252 e. The van der Waals surface area contributed by atoms with Crippen molar-refractivity contribution in [1.29, 1.82) is 0 Å². The Kier molecular flexibility index (Phi) is 5.99. The number of nitrogens with zero attached hydrogens (tertiary/aromatic N) is 2. The summed E-state index contributed by atoms with van der Waals surface area (Å²) >= 11 is 0. The lowest BCUT2D eigenvalue weighted by Gasteiger charge is -2.24. The van der Waals surface area contributed by atoms with Crippen molar-refractivity contribution in [1.82, 2.24) is 4.90 Å². The second-order valence-electron chi connectivity index (χ2n) is 8.35. The third kappa shape index (κ3) is 4.42. The van der Waals surface area contributed by atoms with Crippen LogP contribution in [0.1, 0.15) is 34.3 Å². The van der Waals surface area contributed by atoms with E-state index >= 15 is 0 Å². The molecule has 2 nitrogen and oxygen atoms in total. The van der Waals surface area contributed by atoms with Crippen LogP contribution in [-0.2, 0) is 13.1 Å². The van der Waals surface area contributed by atoms with Crippen molar-refractivity contribution < 1.29 is 13.4 Å². The Balaban J connectivity index is 1.61. The zero-order valence-electron chi connectivity index (χ0n) is 18.2. The van der Waals surface area contributed by atoms with Gasteiger partial charge in [0.2, 0.25) is 6.34 Å². The minimum Gasteiger partial charge on any atom is -0.252 e. The molecule has 0 unspecified atom stereocenters. The number of hydrogen-bond donors (Lipinski definition) is 0. The maximum Gasteiger partial charge on any atom is 0.236 e. The van der Waals surface area contributed by atoms with Crippen LogP contribution in [0.5, 0.6) is 0 Å². The van der Waals surface area contributed by atoms with Crippen LogP contribution in [0, 0.1) is 11.6 Å². The van der Waals surface area contributed by atoms with E-state index < -0.39 is 0 Å². The highest BCUT2D eigenvalue weighted by Gasteiger charge is 2.44. The first kappa shape index (κ1) is 21.1. The van der Waals surface area contributed by atoms with E-state index in [9.17, 15) is 8.78 Å². The summed E-state index contributed by atoms with van der Waals surface area (Å²) in [5, 5.41) is 0. The molecule has 1 aliphatic heterocycles. The Labute approximate surface area is 193 Å². The summed E-state index contributed by atoms with van der Waals surface area (Å²) in [5.41, 5.74) is 3.54. The summed E-state index contributed by atoms with van der Waals surface area (Å²) in [4.78, 5) is 2.17. The number of benzene rings is 4. The van der Waals surface area contributed by atoms with E-state index in [1.165, 1.54) is 12.1 Å². The average Bonchev–Trinajstić information content (AvgIpc) is 3.20. The molecule has 4 aromatic rings. The predicted molar refractivity (Wildman–Crippen MR) is 127 cm³/mol. The Hall–Kier alpha value is -3.79. The molecular weight excluding hydrogens is 414 g/mol. The van der Waals surface area contributed by atoms with Gasteiger partial charge < -0.3 is 0 Å². The minimum atomic E-state index is -0.221. The molecule has 0 aliphatic carbocycles. The van der Waals surface area contributed by atoms with Gasteiger partial charge in [-0.05, 0) is 12.1 Å². The molecule has 0 saturated heterocycles. The zero-order valence-corrected chi connectivity index (χ0v) is 18.2. The van der Waals surface area contributed by atoms with Crippen LogP contribution in [0.25, 0.3) is 0 Å². The fourth-order valence-corrected chi connectivity index (χ4v) is 4.67. The predicted octanol–water partition coefficient (Wildman–Crippen LogP) is 6.50. The van der Waals surface area contributed by atoms with Crippen molar-refractivity contribution in [3.05, 3.63) is 143 Å². The second-order valence-corrected chi connectivity index (χ2v) is 8.35. The molecule has 164 valence electrons. The summed E-state index contributed by atoms with van der Waals surface area (Å²) < 4.78 is 31.3. The molecular formula is C29H25F2N2+. The lowest BCUT2D eigenvalue weighted by atomic mass is 9.92. The number of hydrogen-bond acceptors (Lipinski definition) is 1. The third-order valence-electron chi connectivity index (χ3n) is 6.21. The lowest BCUT2D eigenvalue weighted by molar-refractivity contribution is -0.579. The van der Waals surface area contributed by atoms with Crippen LogP contribution in [0.2, 0.25) is 0 Å². The van der Waals surface area contributed by atoms with Gasteiger partial charge in [-0.1, -0.05) is 97.1 Å². The molecule has 4 aromatic carbocycles. The van der Waals surface area contributed by atoms with E-state index in [1.807, 2.05) is 67.0 Å². The molecule has 1 heterocycles. The fraction of sp³-hybridized carbons (Fsp3) is 0.138. The molecule has 0 fully saturated rings. The highest BCUT2D eigenvalue weighted by Crippen LogP contribution is 2.41. The van der Waals surface area contributed by atoms with Crippen molar-refractivity contribution in [2.24, 2.45) is 0 Å². The Morgan fingerprint density at radius 1 is 0.606 bits per heavy atom. The van der Waals surface area contributed by atoms with E-state index in [0.717, 1.165) is 11.1 Å². The topological polar surface area (TPSA) is 6.25 Å². The van der Waals surface area contributed by atoms with Crippen LogP contribution >= 0.6 is 0 Å². The van der Waals surface area contributed by atoms with Crippen molar-refractivity contribution in [3.63, 3.8) is 0 Å². The molecule has 0 amide bonds. The van der Waals surface area contributed by atoms with Crippen LogP contribution in [0.3, 0.4) is 0 Å². The van der Waals surface area contributed by atoms with E-state index in [0.29, 0.717) is 24.2 Å². The standard InChI is InChI=1S/C29H25F2N2/c30-26-17-9-7-15-24(26)19-32-21-33(20-25-16-8-10-18-27(25)31)29(23-13-5-2-6-14-23)28(32)22-11-3-1-4-12-22/h1-18,21,28-29H,19-20H2/q+1/t28-,29-/m0/s1. The van der Waals surface area contributed by atoms with E-state index in [-0.39, 0.29) is 23.7 Å². The summed E-state index contributed by atoms with van der Waals surface area (Å²) in [7, 11) is 0. The Morgan fingerprint density at radius 3 is 1.73 bits per heavy atom. The molecule has 4 heteroatoms. The highest BCUT2D eigenvalue weighted by atomic mass is 19.1. The van der Waals surface area contributed by atoms with E-state index in [2.05, 4.69) is 33.7 Å². The molecule has 0 bridgehead atoms. The fourth-order valence-electron chi connectivity index (χ4n) is 4.67. The molecule has 0 aromatic heterocycles. The van der Waals surface area contributed by atoms with Crippen molar-refractivity contribution in [3.8, 4) is 0 Å². The van der Waals surface area contributed by atoms with E-state index in [1.54, 1.807) is 12.1 Å². The Morgan fingerprint density at radius 2 is 1.12 bits per heavy atom. The molecule has 0 radical (unpaired) electrons.